The number of carbonyl (C=O) groups excluding carboxylic acids is 2. The number of amides is 3. The van der Waals surface area contributed by atoms with Gasteiger partial charge in [-0.05, 0) is 67.9 Å². The molecule has 0 saturated carbocycles. The van der Waals surface area contributed by atoms with Crippen LogP contribution in [0.25, 0.3) is 0 Å². The normalized spacial score (nSPS) is 14.9. The molecule has 0 bridgehead atoms. The van der Waals surface area contributed by atoms with E-state index in [9.17, 15) is 27.6 Å². The quantitative estimate of drug-likeness (QED) is 0.398. The lowest BCUT2D eigenvalue weighted by Gasteiger charge is -2.28. The number of anilines is 3. The molecular formula is C27H21F3N4O4. The Labute approximate surface area is 215 Å². The molecule has 1 heterocycles. The number of nitrogens with zero attached hydrogens (tertiary/aromatic N) is 3. The average Bonchev–Trinajstić information content (AvgIpc) is 3.03. The maximum Gasteiger partial charge on any atom is 0.417 e. The number of carboxylic acid groups (broad SMARTS) is 1. The van der Waals surface area contributed by atoms with E-state index in [1.54, 1.807) is 36.4 Å². The number of para-hydroxylation sites is 1. The summed E-state index contributed by atoms with van der Waals surface area (Å²) in [7, 11) is 0. The summed E-state index contributed by atoms with van der Waals surface area (Å²) in [6, 6.07) is 16.4. The highest BCUT2D eigenvalue weighted by molar-refractivity contribution is 6.23. The first-order chi connectivity index (χ1) is 17.8. The number of benzene rings is 3. The number of hydrogen-bond acceptors (Lipinski definition) is 5. The Balaban J connectivity index is 1.65. The molecule has 3 amide bonds. The van der Waals surface area contributed by atoms with Crippen LogP contribution in [0.3, 0.4) is 0 Å². The van der Waals surface area contributed by atoms with E-state index < -0.39 is 40.7 Å². The second-order valence-corrected chi connectivity index (χ2v) is 9.07. The monoisotopic (exact) mass is 522 g/mol. The van der Waals surface area contributed by atoms with Gasteiger partial charge in [-0.3, -0.25) is 4.79 Å². The van der Waals surface area contributed by atoms with E-state index in [1.165, 1.54) is 36.9 Å². The smallest absolute Gasteiger partial charge is 0.417 e. The molecule has 38 heavy (non-hydrogen) atoms. The zero-order valence-electron chi connectivity index (χ0n) is 20.2. The van der Waals surface area contributed by atoms with Crippen LogP contribution >= 0.6 is 0 Å². The first-order valence-electron chi connectivity index (χ1n) is 11.3. The summed E-state index contributed by atoms with van der Waals surface area (Å²) in [5.41, 5.74) is -1.63. The van der Waals surface area contributed by atoms with Gasteiger partial charge < -0.3 is 15.3 Å². The fraction of sp³-hybridized carbons (Fsp3) is 0.185. The molecule has 0 aromatic heterocycles. The first-order valence-corrected chi connectivity index (χ1v) is 11.3. The molecule has 0 spiro atoms. The van der Waals surface area contributed by atoms with E-state index >= 15 is 0 Å². The van der Waals surface area contributed by atoms with Crippen molar-refractivity contribution in [1.82, 2.24) is 4.90 Å². The molecule has 0 atom stereocenters. The number of urea groups is 1. The van der Waals surface area contributed by atoms with Gasteiger partial charge >= 0.3 is 18.2 Å². The van der Waals surface area contributed by atoms with Crippen molar-refractivity contribution in [3.05, 3.63) is 89.0 Å². The number of carboxylic acids is 1. The van der Waals surface area contributed by atoms with E-state index in [4.69, 9.17) is 10.4 Å². The van der Waals surface area contributed by atoms with Crippen LogP contribution in [0, 0.1) is 11.3 Å². The Morgan fingerprint density at radius 2 is 1.71 bits per heavy atom. The van der Waals surface area contributed by atoms with E-state index in [1.807, 2.05) is 0 Å². The van der Waals surface area contributed by atoms with Crippen molar-refractivity contribution in [3.8, 4) is 6.07 Å². The summed E-state index contributed by atoms with van der Waals surface area (Å²) in [5.74, 6) is -1.78. The fourth-order valence-corrected chi connectivity index (χ4v) is 4.13. The topological polar surface area (TPSA) is 114 Å². The maximum atomic E-state index is 13.5. The minimum Gasteiger partial charge on any atom is -0.478 e. The van der Waals surface area contributed by atoms with Crippen LogP contribution < -0.4 is 10.2 Å². The van der Waals surface area contributed by atoms with Gasteiger partial charge in [0.25, 0.3) is 5.91 Å². The average molecular weight is 522 g/mol. The SMILES string of the molecule is CC1(C)C(=O)N(c2ccc(C#N)c(C(F)(F)F)c2)C(=O)N1Cc1ccccc1Nc1ccc(C(=O)O)cc1. The lowest BCUT2D eigenvalue weighted by atomic mass is 10.0. The molecule has 0 aliphatic carbocycles. The third-order valence-corrected chi connectivity index (χ3v) is 6.27. The Hall–Kier alpha value is -4.85. The predicted octanol–water partition coefficient (Wildman–Crippen LogP) is 5.77. The number of nitrogens with one attached hydrogen (secondary N) is 1. The summed E-state index contributed by atoms with van der Waals surface area (Å²) in [4.78, 5) is 39.8. The number of imide groups is 1. The number of nitriles is 1. The van der Waals surface area contributed by atoms with Gasteiger partial charge in [0.1, 0.15) is 5.54 Å². The summed E-state index contributed by atoms with van der Waals surface area (Å²) in [6.07, 6.45) is -4.85. The van der Waals surface area contributed by atoms with Crippen LogP contribution in [0.15, 0.2) is 66.7 Å². The molecule has 1 aliphatic heterocycles. The number of alkyl halides is 3. The second-order valence-electron chi connectivity index (χ2n) is 9.07. The molecular weight excluding hydrogens is 501 g/mol. The fourth-order valence-electron chi connectivity index (χ4n) is 4.13. The lowest BCUT2D eigenvalue weighted by Crippen LogP contribution is -2.43. The molecule has 1 aliphatic rings. The van der Waals surface area contributed by atoms with Gasteiger partial charge in [-0.25, -0.2) is 14.5 Å². The van der Waals surface area contributed by atoms with Crippen LogP contribution in [0.4, 0.5) is 35.0 Å². The summed E-state index contributed by atoms with van der Waals surface area (Å²) in [5, 5.41) is 21.3. The number of carbonyl (C=O) groups is 3. The Bertz CT molecular complexity index is 1480. The van der Waals surface area contributed by atoms with Crippen molar-refractivity contribution in [2.75, 3.05) is 10.2 Å². The molecule has 0 unspecified atom stereocenters. The number of hydrogen-bond donors (Lipinski definition) is 2. The van der Waals surface area contributed by atoms with Crippen LogP contribution in [-0.2, 0) is 17.5 Å². The molecule has 3 aromatic carbocycles. The molecule has 194 valence electrons. The minimum absolute atomic E-state index is 0.0487. The van der Waals surface area contributed by atoms with E-state index in [0.717, 1.165) is 12.1 Å². The van der Waals surface area contributed by atoms with Gasteiger partial charge in [-0.15, -0.1) is 0 Å². The van der Waals surface area contributed by atoms with Crippen LogP contribution in [-0.4, -0.2) is 33.5 Å². The van der Waals surface area contributed by atoms with Crippen molar-refractivity contribution in [2.45, 2.75) is 32.1 Å². The zero-order chi connectivity index (χ0) is 27.8. The highest BCUT2D eigenvalue weighted by Gasteiger charge is 2.52. The minimum atomic E-state index is -4.85. The third kappa shape index (κ3) is 4.76. The molecule has 8 nitrogen and oxygen atoms in total. The summed E-state index contributed by atoms with van der Waals surface area (Å²) in [6.45, 7) is 2.96. The van der Waals surface area contributed by atoms with Crippen LogP contribution in [0.1, 0.15) is 40.9 Å². The maximum absolute atomic E-state index is 13.5. The number of halogens is 3. The van der Waals surface area contributed by atoms with Gasteiger partial charge in [0.2, 0.25) is 0 Å². The number of aromatic carboxylic acids is 1. The summed E-state index contributed by atoms with van der Waals surface area (Å²) < 4.78 is 40.5. The molecule has 11 heteroatoms. The predicted molar refractivity (Wildman–Crippen MR) is 132 cm³/mol. The lowest BCUT2D eigenvalue weighted by molar-refractivity contribution is -0.137. The van der Waals surface area contributed by atoms with Crippen LogP contribution in [0.2, 0.25) is 0 Å². The van der Waals surface area contributed by atoms with E-state index in [0.29, 0.717) is 27.9 Å². The zero-order valence-corrected chi connectivity index (χ0v) is 20.2. The van der Waals surface area contributed by atoms with Gasteiger partial charge in [0, 0.05) is 11.4 Å². The Morgan fingerprint density at radius 3 is 2.32 bits per heavy atom. The summed E-state index contributed by atoms with van der Waals surface area (Å²) >= 11 is 0. The third-order valence-electron chi connectivity index (χ3n) is 6.27. The molecule has 1 saturated heterocycles. The molecule has 0 radical (unpaired) electrons. The first kappa shape index (κ1) is 26.2. The van der Waals surface area contributed by atoms with Crippen LogP contribution in [0.5, 0.6) is 0 Å². The van der Waals surface area contributed by atoms with Gasteiger partial charge in [-0.1, -0.05) is 18.2 Å². The number of rotatable bonds is 6. The molecule has 4 rings (SSSR count). The van der Waals surface area contributed by atoms with Crippen molar-refractivity contribution in [1.29, 1.82) is 5.26 Å². The van der Waals surface area contributed by atoms with Crippen molar-refractivity contribution in [2.24, 2.45) is 0 Å². The Kier molecular flexibility index (Phi) is 6.59. The molecule has 3 aromatic rings. The second kappa shape index (κ2) is 9.55. The Morgan fingerprint density at radius 1 is 1.05 bits per heavy atom. The standard InChI is InChI=1S/C27H21F3N4O4/c1-26(2)24(37)34(20-12-9-17(14-31)21(13-20)27(28,29)30)25(38)33(26)15-18-5-3-4-6-22(18)32-19-10-7-16(8-11-19)23(35)36/h3-13,32H,15H2,1-2H3,(H,35,36). The van der Waals surface area contributed by atoms with Crippen molar-refractivity contribution >= 4 is 35.0 Å². The van der Waals surface area contributed by atoms with Crippen molar-refractivity contribution in [3.63, 3.8) is 0 Å². The van der Waals surface area contributed by atoms with E-state index in [2.05, 4.69) is 5.32 Å². The van der Waals surface area contributed by atoms with Crippen molar-refractivity contribution < 1.29 is 32.7 Å². The van der Waals surface area contributed by atoms with Gasteiger partial charge in [-0.2, -0.15) is 18.4 Å². The highest BCUT2D eigenvalue weighted by Crippen LogP contribution is 2.38. The van der Waals surface area contributed by atoms with Gasteiger partial charge in [0.15, 0.2) is 0 Å². The molecule has 1 fully saturated rings. The van der Waals surface area contributed by atoms with E-state index in [-0.39, 0.29) is 17.8 Å². The largest absolute Gasteiger partial charge is 0.478 e. The van der Waals surface area contributed by atoms with Gasteiger partial charge in [0.05, 0.1) is 35.0 Å². The molecule has 2 N–H and O–H groups in total. The highest BCUT2D eigenvalue weighted by atomic mass is 19.4.